The molecule has 2 heterocycles. The molecule has 178 valence electrons. The van der Waals surface area contributed by atoms with E-state index < -0.39 is 0 Å². The summed E-state index contributed by atoms with van der Waals surface area (Å²) in [6, 6.07) is 23.8. The summed E-state index contributed by atoms with van der Waals surface area (Å²) in [5.41, 5.74) is 2.06. The molecular formula is C27H26ClN5O2. The zero-order valence-corrected chi connectivity index (χ0v) is 20.2. The van der Waals surface area contributed by atoms with Crippen LogP contribution in [0.5, 0.6) is 0 Å². The molecule has 0 radical (unpaired) electrons. The fraction of sp³-hybridized carbons (Fsp3) is 0.222. The number of halogens is 1. The van der Waals surface area contributed by atoms with Crippen molar-refractivity contribution in [3.8, 4) is 5.69 Å². The van der Waals surface area contributed by atoms with Gasteiger partial charge in [-0.05, 0) is 55.5 Å². The van der Waals surface area contributed by atoms with Crippen LogP contribution in [0.3, 0.4) is 0 Å². The van der Waals surface area contributed by atoms with E-state index in [0.717, 1.165) is 11.4 Å². The van der Waals surface area contributed by atoms with E-state index >= 15 is 0 Å². The SMILES string of the molecule is CC(c1nc2ccccc2c(=O)n1-c1ccc(Cl)cc1)N1CCN(C(=O)Nc2ccccc2)CC1. The predicted octanol–water partition coefficient (Wildman–Crippen LogP) is 4.95. The van der Waals surface area contributed by atoms with Crippen molar-refractivity contribution in [3.63, 3.8) is 0 Å². The van der Waals surface area contributed by atoms with Crippen molar-refractivity contribution in [1.82, 2.24) is 19.4 Å². The quantitative estimate of drug-likeness (QED) is 0.442. The number of rotatable bonds is 4. The van der Waals surface area contributed by atoms with Crippen LogP contribution in [0.25, 0.3) is 16.6 Å². The van der Waals surface area contributed by atoms with Gasteiger partial charge in [-0.15, -0.1) is 0 Å². The van der Waals surface area contributed by atoms with Crippen molar-refractivity contribution in [1.29, 1.82) is 0 Å². The van der Waals surface area contributed by atoms with Gasteiger partial charge >= 0.3 is 6.03 Å². The number of hydrogen-bond acceptors (Lipinski definition) is 4. The van der Waals surface area contributed by atoms with Gasteiger partial charge in [0.25, 0.3) is 5.56 Å². The molecule has 3 aromatic carbocycles. The van der Waals surface area contributed by atoms with Gasteiger partial charge in [-0.3, -0.25) is 14.3 Å². The summed E-state index contributed by atoms with van der Waals surface area (Å²) >= 11 is 6.10. The summed E-state index contributed by atoms with van der Waals surface area (Å²) in [5.74, 6) is 0.665. The summed E-state index contributed by atoms with van der Waals surface area (Å²) < 4.78 is 1.68. The van der Waals surface area contributed by atoms with Gasteiger partial charge in [-0.2, -0.15) is 0 Å². The third-order valence-corrected chi connectivity index (χ3v) is 6.69. The van der Waals surface area contributed by atoms with Gasteiger partial charge in [0.2, 0.25) is 0 Å². The zero-order chi connectivity index (χ0) is 24.4. The molecule has 5 rings (SSSR count). The van der Waals surface area contributed by atoms with Crippen LogP contribution < -0.4 is 10.9 Å². The van der Waals surface area contributed by atoms with Crippen LogP contribution in [0, 0.1) is 0 Å². The smallest absolute Gasteiger partial charge is 0.321 e. The number of carbonyl (C=O) groups is 1. The second-order valence-electron chi connectivity index (χ2n) is 8.60. The minimum Gasteiger partial charge on any atom is -0.322 e. The standard InChI is InChI=1S/C27H26ClN5O2/c1-19(31-15-17-32(18-16-31)27(35)29-21-7-3-2-4-8-21)25-30-24-10-6-5-9-23(24)26(34)33(25)22-13-11-20(28)12-14-22/h2-14,19H,15-18H2,1H3,(H,29,35). The number of nitrogens with zero attached hydrogens (tertiary/aromatic N) is 4. The highest BCUT2D eigenvalue weighted by Crippen LogP contribution is 2.24. The lowest BCUT2D eigenvalue weighted by molar-refractivity contribution is 0.115. The summed E-state index contributed by atoms with van der Waals surface area (Å²) in [6.45, 7) is 4.57. The molecule has 4 aromatic rings. The Morgan fingerprint density at radius 2 is 1.57 bits per heavy atom. The minimum absolute atomic E-state index is 0.106. The van der Waals surface area contributed by atoms with Crippen LogP contribution in [-0.2, 0) is 0 Å². The maximum atomic E-state index is 13.5. The van der Waals surface area contributed by atoms with Crippen LogP contribution in [-0.4, -0.2) is 51.6 Å². The number of amides is 2. The molecule has 0 saturated carbocycles. The van der Waals surface area contributed by atoms with Gasteiger partial charge in [-0.1, -0.05) is 41.9 Å². The van der Waals surface area contributed by atoms with Crippen LogP contribution in [0.1, 0.15) is 18.8 Å². The maximum absolute atomic E-state index is 13.5. The first-order valence-electron chi connectivity index (χ1n) is 11.6. The molecule has 7 nitrogen and oxygen atoms in total. The van der Waals surface area contributed by atoms with Crippen molar-refractivity contribution in [2.45, 2.75) is 13.0 Å². The number of urea groups is 1. The monoisotopic (exact) mass is 487 g/mol. The molecule has 8 heteroatoms. The van der Waals surface area contributed by atoms with Crippen molar-refractivity contribution in [3.05, 3.63) is 100 Å². The Kier molecular flexibility index (Phi) is 6.53. The first kappa shape index (κ1) is 23.1. The number of anilines is 1. The lowest BCUT2D eigenvalue weighted by Crippen LogP contribution is -2.51. The van der Waals surface area contributed by atoms with E-state index in [2.05, 4.69) is 17.1 Å². The minimum atomic E-state index is -0.137. The van der Waals surface area contributed by atoms with Gasteiger partial charge in [0, 0.05) is 36.9 Å². The van der Waals surface area contributed by atoms with Gasteiger partial charge in [-0.25, -0.2) is 9.78 Å². The van der Waals surface area contributed by atoms with Crippen LogP contribution in [0.15, 0.2) is 83.7 Å². The molecule has 1 fully saturated rings. The van der Waals surface area contributed by atoms with Crippen molar-refractivity contribution >= 4 is 34.2 Å². The van der Waals surface area contributed by atoms with Crippen molar-refractivity contribution in [2.24, 2.45) is 0 Å². The van der Waals surface area contributed by atoms with Gasteiger partial charge in [0.15, 0.2) is 0 Å². The number of hydrogen-bond donors (Lipinski definition) is 1. The third kappa shape index (κ3) is 4.78. The Morgan fingerprint density at radius 3 is 2.29 bits per heavy atom. The van der Waals surface area contributed by atoms with Gasteiger partial charge in [0.05, 0.1) is 22.6 Å². The molecule has 2 amide bonds. The first-order chi connectivity index (χ1) is 17.0. The third-order valence-electron chi connectivity index (χ3n) is 6.43. The number of para-hydroxylation sites is 2. The molecule has 1 saturated heterocycles. The normalized spacial score (nSPS) is 15.2. The Bertz CT molecular complexity index is 1400. The molecule has 1 aromatic heterocycles. The summed E-state index contributed by atoms with van der Waals surface area (Å²) in [5, 5.41) is 4.13. The molecule has 35 heavy (non-hydrogen) atoms. The second kappa shape index (κ2) is 9.90. The molecule has 1 N–H and O–H groups in total. The van der Waals surface area contributed by atoms with Crippen molar-refractivity contribution < 1.29 is 4.79 Å². The van der Waals surface area contributed by atoms with Crippen LogP contribution >= 0.6 is 11.6 Å². The number of nitrogens with one attached hydrogen (secondary N) is 1. The summed E-state index contributed by atoms with van der Waals surface area (Å²) in [7, 11) is 0. The van der Waals surface area contributed by atoms with Crippen molar-refractivity contribution in [2.75, 3.05) is 31.5 Å². The highest BCUT2D eigenvalue weighted by atomic mass is 35.5. The average Bonchev–Trinajstić information content (AvgIpc) is 2.89. The lowest BCUT2D eigenvalue weighted by atomic mass is 10.1. The second-order valence-corrected chi connectivity index (χ2v) is 9.04. The Morgan fingerprint density at radius 1 is 0.914 bits per heavy atom. The van der Waals surface area contributed by atoms with E-state index in [9.17, 15) is 9.59 Å². The number of fused-ring (bicyclic) bond motifs is 1. The van der Waals surface area contributed by atoms with Gasteiger partial charge < -0.3 is 10.2 Å². The largest absolute Gasteiger partial charge is 0.322 e. The fourth-order valence-electron chi connectivity index (χ4n) is 4.47. The Labute approximate surface area is 208 Å². The zero-order valence-electron chi connectivity index (χ0n) is 19.4. The predicted molar refractivity (Wildman–Crippen MR) is 139 cm³/mol. The molecule has 0 spiro atoms. The van der Waals surface area contributed by atoms with E-state index in [1.165, 1.54) is 0 Å². The number of carbonyl (C=O) groups excluding carboxylic acids is 1. The Balaban J connectivity index is 1.40. The molecule has 1 aliphatic heterocycles. The number of aromatic nitrogens is 2. The van der Waals surface area contributed by atoms with E-state index in [1.807, 2.05) is 65.6 Å². The summed E-state index contributed by atoms with van der Waals surface area (Å²) in [4.78, 5) is 35.2. The summed E-state index contributed by atoms with van der Waals surface area (Å²) in [6.07, 6.45) is 0. The van der Waals surface area contributed by atoms with E-state index in [-0.39, 0.29) is 17.6 Å². The highest BCUT2D eigenvalue weighted by molar-refractivity contribution is 6.30. The van der Waals surface area contributed by atoms with Gasteiger partial charge in [0.1, 0.15) is 5.82 Å². The molecule has 1 aliphatic rings. The Hall–Kier alpha value is -3.68. The molecular weight excluding hydrogens is 462 g/mol. The maximum Gasteiger partial charge on any atom is 0.321 e. The van der Waals surface area contributed by atoms with E-state index in [0.29, 0.717) is 47.9 Å². The molecule has 0 bridgehead atoms. The molecule has 0 aliphatic carbocycles. The van der Waals surface area contributed by atoms with E-state index in [4.69, 9.17) is 16.6 Å². The number of benzene rings is 3. The lowest BCUT2D eigenvalue weighted by Gasteiger charge is -2.38. The van der Waals surface area contributed by atoms with Crippen LogP contribution in [0.4, 0.5) is 10.5 Å². The topological polar surface area (TPSA) is 70.5 Å². The first-order valence-corrected chi connectivity index (χ1v) is 12.0. The average molecular weight is 488 g/mol. The highest BCUT2D eigenvalue weighted by Gasteiger charge is 2.28. The number of piperazine rings is 1. The van der Waals surface area contributed by atoms with E-state index in [1.54, 1.807) is 22.8 Å². The fourth-order valence-corrected chi connectivity index (χ4v) is 4.60. The van der Waals surface area contributed by atoms with Crippen LogP contribution in [0.2, 0.25) is 5.02 Å². The molecule has 1 atom stereocenters. The molecule has 1 unspecified atom stereocenters.